The third-order valence-corrected chi connectivity index (χ3v) is 7.02. The SMILES string of the molecule is C=CCOC(=O)C(=O)N1C(=O)C(C(C)C(=O)OCC(Cl)(Cl)Cl)C1SC(=S)SCCOC(N)=O. The molecule has 184 valence electrons. The average molecular weight is 582 g/mol. The lowest BCUT2D eigenvalue weighted by Crippen LogP contribution is -2.66. The van der Waals surface area contributed by atoms with E-state index in [0.29, 0.717) is 4.90 Å². The molecule has 10 nitrogen and oxygen atoms in total. The first-order valence-corrected chi connectivity index (χ1v) is 12.3. The topological polar surface area (TPSA) is 142 Å². The van der Waals surface area contributed by atoms with Gasteiger partial charge in [-0.05, 0) is 0 Å². The third-order valence-electron chi connectivity index (χ3n) is 3.86. The Morgan fingerprint density at radius 3 is 2.45 bits per heavy atom. The number of rotatable bonds is 9. The van der Waals surface area contributed by atoms with Gasteiger partial charge in [-0.2, -0.15) is 0 Å². The molecule has 1 aliphatic rings. The molecule has 0 aromatic carbocycles. The largest absolute Gasteiger partial charge is 0.461 e. The Balaban J connectivity index is 2.94. The van der Waals surface area contributed by atoms with Crippen LogP contribution in [0.5, 0.6) is 0 Å². The highest BCUT2D eigenvalue weighted by Gasteiger charge is 2.57. The van der Waals surface area contributed by atoms with E-state index in [-0.39, 0.29) is 22.5 Å². The number of thiocarbonyl (C=S) groups is 1. The number of halogens is 3. The maximum atomic E-state index is 12.7. The molecule has 33 heavy (non-hydrogen) atoms. The molecule has 3 unspecified atom stereocenters. The van der Waals surface area contributed by atoms with Crippen molar-refractivity contribution in [3.05, 3.63) is 12.7 Å². The van der Waals surface area contributed by atoms with E-state index in [4.69, 9.17) is 57.5 Å². The number of carbonyl (C=O) groups excluding carboxylic acids is 5. The van der Waals surface area contributed by atoms with Crippen LogP contribution >= 0.6 is 70.5 Å². The number of amides is 3. The minimum absolute atomic E-state index is 0.0238. The van der Waals surface area contributed by atoms with Crippen molar-refractivity contribution >= 4 is 104 Å². The summed E-state index contributed by atoms with van der Waals surface area (Å²) in [6.07, 6.45) is 0.302. The zero-order valence-electron chi connectivity index (χ0n) is 17.0. The first-order valence-electron chi connectivity index (χ1n) is 8.94. The van der Waals surface area contributed by atoms with Crippen molar-refractivity contribution in [2.75, 3.05) is 25.6 Å². The van der Waals surface area contributed by atoms with Crippen LogP contribution in [-0.2, 0) is 33.4 Å². The number of hydrogen-bond donors (Lipinski definition) is 1. The summed E-state index contributed by atoms with van der Waals surface area (Å²) >= 11 is 23.9. The highest BCUT2D eigenvalue weighted by atomic mass is 35.6. The Morgan fingerprint density at radius 2 is 1.91 bits per heavy atom. The van der Waals surface area contributed by atoms with Crippen LogP contribution < -0.4 is 5.73 Å². The van der Waals surface area contributed by atoms with Gasteiger partial charge in [0.1, 0.15) is 28.7 Å². The lowest BCUT2D eigenvalue weighted by molar-refractivity contribution is -0.176. The van der Waals surface area contributed by atoms with Crippen LogP contribution in [0.2, 0.25) is 0 Å². The Morgan fingerprint density at radius 1 is 1.27 bits per heavy atom. The predicted molar refractivity (Wildman–Crippen MR) is 129 cm³/mol. The highest BCUT2D eigenvalue weighted by molar-refractivity contribution is 8.47. The molecule has 3 amide bonds. The molecule has 0 aromatic rings. The predicted octanol–water partition coefficient (Wildman–Crippen LogP) is 2.42. The summed E-state index contributed by atoms with van der Waals surface area (Å²) in [7, 11) is 0. The molecular formula is C17H19Cl3N2O8S3. The molecule has 0 radical (unpaired) electrons. The van der Waals surface area contributed by atoms with Crippen LogP contribution in [0.25, 0.3) is 0 Å². The van der Waals surface area contributed by atoms with Crippen LogP contribution in [0.1, 0.15) is 6.92 Å². The number of likely N-dealkylation sites (tertiary alicyclic amines) is 1. The summed E-state index contributed by atoms with van der Waals surface area (Å²) in [6, 6.07) is 0. The van der Waals surface area contributed by atoms with Crippen molar-refractivity contribution in [2.24, 2.45) is 17.6 Å². The first kappa shape index (κ1) is 29.8. The van der Waals surface area contributed by atoms with Crippen LogP contribution in [0.15, 0.2) is 12.7 Å². The second-order valence-electron chi connectivity index (χ2n) is 6.21. The van der Waals surface area contributed by atoms with E-state index in [1.807, 2.05) is 0 Å². The van der Waals surface area contributed by atoms with Gasteiger partial charge in [0.2, 0.25) is 9.70 Å². The minimum atomic E-state index is -1.85. The standard InChI is InChI=1S/C17H19Cl3N2O8S3/c1-3-4-28-14(26)11(24)22-10(23)9(8(2)13(25)30-7-17(18,19)20)12(22)33-16(31)32-6-5-29-15(21)27/h3,8-9,12H,1,4-7H2,2H3,(H2,21,27). The van der Waals surface area contributed by atoms with E-state index in [2.05, 4.69) is 16.1 Å². The number of primary amides is 1. The molecule has 0 bridgehead atoms. The van der Waals surface area contributed by atoms with Gasteiger partial charge >= 0.3 is 23.9 Å². The number of esters is 2. The number of imide groups is 1. The number of carbonyl (C=O) groups is 5. The Kier molecular flexibility index (Phi) is 12.3. The molecule has 1 rings (SSSR count). The Bertz CT molecular complexity index is 824. The maximum Gasteiger partial charge on any atom is 0.404 e. The van der Waals surface area contributed by atoms with Crippen LogP contribution in [0.3, 0.4) is 0 Å². The monoisotopic (exact) mass is 580 g/mol. The minimum Gasteiger partial charge on any atom is -0.461 e. The summed E-state index contributed by atoms with van der Waals surface area (Å²) in [4.78, 5) is 60.8. The van der Waals surface area contributed by atoms with E-state index in [9.17, 15) is 24.0 Å². The van der Waals surface area contributed by atoms with Gasteiger partial charge in [0.05, 0.1) is 11.8 Å². The summed E-state index contributed by atoms with van der Waals surface area (Å²) in [5, 5.41) is -1.01. The molecule has 0 aliphatic carbocycles. The van der Waals surface area contributed by atoms with Gasteiger partial charge in [-0.1, -0.05) is 78.4 Å². The van der Waals surface area contributed by atoms with Crippen molar-refractivity contribution in [2.45, 2.75) is 16.1 Å². The molecule has 0 aromatic heterocycles. The van der Waals surface area contributed by atoms with Gasteiger partial charge in [-0.15, -0.1) is 11.8 Å². The van der Waals surface area contributed by atoms with Crippen LogP contribution in [0.4, 0.5) is 4.79 Å². The van der Waals surface area contributed by atoms with Crippen molar-refractivity contribution in [3.8, 4) is 0 Å². The molecule has 0 saturated carbocycles. The van der Waals surface area contributed by atoms with Crippen molar-refractivity contribution in [3.63, 3.8) is 0 Å². The van der Waals surface area contributed by atoms with Gasteiger partial charge in [0.15, 0.2) is 0 Å². The molecular weight excluding hydrogens is 563 g/mol. The van der Waals surface area contributed by atoms with Crippen molar-refractivity contribution in [1.82, 2.24) is 4.90 Å². The van der Waals surface area contributed by atoms with Gasteiger partial charge in [0, 0.05) is 5.75 Å². The first-order chi connectivity index (χ1) is 15.3. The van der Waals surface area contributed by atoms with E-state index in [0.717, 1.165) is 23.5 Å². The van der Waals surface area contributed by atoms with Crippen molar-refractivity contribution < 1.29 is 38.2 Å². The summed E-state index contributed by atoms with van der Waals surface area (Å²) in [5.74, 6) is -6.00. The smallest absolute Gasteiger partial charge is 0.404 e. The summed E-state index contributed by atoms with van der Waals surface area (Å²) in [6.45, 7) is 3.95. The number of nitrogens with zero attached hydrogens (tertiary/aromatic N) is 1. The fourth-order valence-electron chi connectivity index (χ4n) is 2.41. The summed E-state index contributed by atoms with van der Waals surface area (Å²) < 4.78 is 12.6. The van der Waals surface area contributed by atoms with E-state index < -0.39 is 57.5 Å². The van der Waals surface area contributed by atoms with Gasteiger partial charge in [0.25, 0.3) is 0 Å². The zero-order chi connectivity index (χ0) is 25.3. The Hall–Kier alpha value is -1.25. The van der Waals surface area contributed by atoms with E-state index in [1.54, 1.807) is 0 Å². The molecule has 16 heteroatoms. The van der Waals surface area contributed by atoms with Crippen molar-refractivity contribution in [1.29, 1.82) is 0 Å². The van der Waals surface area contributed by atoms with Crippen LogP contribution in [-0.4, -0.2) is 73.0 Å². The fourth-order valence-corrected chi connectivity index (χ4v) is 5.28. The number of ether oxygens (including phenoxy) is 3. The molecule has 1 aliphatic heterocycles. The number of β-lactam (4-membered cyclic amide) rings is 1. The average Bonchev–Trinajstić information content (AvgIpc) is 2.72. The molecule has 1 fully saturated rings. The highest BCUT2D eigenvalue weighted by Crippen LogP contribution is 2.42. The quantitative estimate of drug-likeness (QED) is 0.0627. The van der Waals surface area contributed by atoms with E-state index in [1.165, 1.54) is 13.0 Å². The molecule has 0 spiro atoms. The number of thioether (sulfide) groups is 2. The second-order valence-corrected chi connectivity index (χ2v) is 12.1. The maximum absolute atomic E-state index is 12.7. The van der Waals surface area contributed by atoms with Gasteiger partial charge < -0.3 is 19.9 Å². The van der Waals surface area contributed by atoms with Gasteiger partial charge in [-0.3, -0.25) is 19.3 Å². The number of hydrogen-bond acceptors (Lipinski definition) is 11. The molecule has 1 saturated heterocycles. The Labute approximate surface area is 218 Å². The third kappa shape index (κ3) is 9.49. The number of nitrogens with two attached hydrogens (primary N) is 1. The molecule has 1 heterocycles. The second kappa shape index (κ2) is 13.6. The lowest BCUT2D eigenvalue weighted by Gasteiger charge is -2.46. The zero-order valence-corrected chi connectivity index (χ0v) is 21.7. The fraction of sp³-hybridized carbons (Fsp3) is 0.529. The normalized spacial score (nSPS) is 18.5. The summed E-state index contributed by atoms with van der Waals surface area (Å²) in [5.41, 5.74) is 4.87. The number of alkyl halides is 3. The van der Waals surface area contributed by atoms with Gasteiger partial charge in [-0.25, -0.2) is 9.59 Å². The molecule has 2 N–H and O–H groups in total. The van der Waals surface area contributed by atoms with Crippen LogP contribution in [0, 0.1) is 11.8 Å². The molecule has 3 atom stereocenters. The lowest BCUT2D eigenvalue weighted by atomic mass is 9.85. The van der Waals surface area contributed by atoms with E-state index >= 15 is 0 Å².